The molecular formula is C13H15NO3S2. The predicted molar refractivity (Wildman–Crippen MR) is 75.4 cm³/mol. The lowest BCUT2D eigenvalue weighted by Crippen LogP contribution is -2.24. The number of aliphatic hydroxyl groups excluding tert-OH is 1. The number of thiophene rings is 1. The number of hydrogen-bond donors (Lipinski definition) is 2. The van der Waals surface area contributed by atoms with E-state index in [9.17, 15) is 8.42 Å². The fourth-order valence-corrected chi connectivity index (χ4v) is 4.04. The van der Waals surface area contributed by atoms with E-state index in [2.05, 4.69) is 4.72 Å². The molecule has 4 nitrogen and oxygen atoms in total. The van der Waals surface area contributed by atoms with Crippen LogP contribution in [0.5, 0.6) is 0 Å². The van der Waals surface area contributed by atoms with Gasteiger partial charge in [-0.05, 0) is 29.5 Å². The Hall–Kier alpha value is -1.21. The van der Waals surface area contributed by atoms with Gasteiger partial charge in [-0.15, -0.1) is 11.3 Å². The van der Waals surface area contributed by atoms with Gasteiger partial charge >= 0.3 is 0 Å². The maximum Gasteiger partial charge on any atom is 0.242 e. The average Bonchev–Trinajstić information content (AvgIpc) is 2.87. The SMILES string of the molecule is Cc1ccccc1CNS(=O)(=O)c1ccsc1CO. The Morgan fingerprint density at radius 2 is 2.00 bits per heavy atom. The number of rotatable bonds is 5. The highest BCUT2D eigenvalue weighted by molar-refractivity contribution is 7.89. The van der Waals surface area contributed by atoms with Crippen molar-refractivity contribution in [2.75, 3.05) is 0 Å². The van der Waals surface area contributed by atoms with Crippen LogP contribution in [0.4, 0.5) is 0 Å². The summed E-state index contributed by atoms with van der Waals surface area (Å²) in [6.45, 7) is 1.92. The van der Waals surface area contributed by atoms with Gasteiger partial charge in [-0.2, -0.15) is 0 Å². The lowest BCUT2D eigenvalue weighted by molar-refractivity contribution is 0.282. The Bertz CT molecular complexity index is 662. The molecule has 19 heavy (non-hydrogen) atoms. The second-order valence-corrected chi connectivity index (χ2v) is 6.85. The molecule has 0 aliphatic heterocycles. The highest BCUT2D eigenvalue weighted by atomic mass is 32.2. The van der Waals surface area contributed by atoms with E-state index < -0.39 is 10.0 Å². The van der Waals surface area contributed by atoms with E-state index in [0.717, 1.165) is 11.1 Å². The van der Waals surface area contributed by atoms with Crippen LogP contribution in [-0.2, 0) is 23.2 Å². The molecule has 0 saturated carbocycles. The van der Waals surface area contributed by atoms with Crippen LogP contribution in [0, 0.1) is 6.92 Å². The molecule has 0 bridgehead atoms. The highest BCUT2D eigenvalue weighted by Gasteiger charge is 2.19. The largest absolute Gasteiger partial charge is 0.391 e. The van der Waals surface area contributed by atoms with Crippen molar-refractivity contribution in [3.8, 4) is 0 Å². The second-order valence-electron chi connectivity index (χ2n) is 4.12. The van der Waals surface area contributed by atoms with Crippen molar-refractivity contribution < 1.29 is 13.5 Å². The second kappa shape index (κ2) is 5.83. The van der Waals surface area contributed by atoms with E-state index in [4.69, 9.17) is 5.11 Å². The number of sulfonamides is 1. The van der Waals surface area contributed by atoms with Gasteiger partial charge in [-0.3, -0.25) is 0 Å². The van der Waals surface area contributed by atoms with E-state index in [0.29, 0.717) is 4.88 Å². The van der Waals surface area contributed by atoms with Crippen molar-refractivity contribution >= 4 is 21.4 Å². The zero-order chi connectivity index (χ0) is 13.9. The molecule has 0 amide bonds. The molecule has 0 aliphatic rings. The van der Waals surface area contributed by atoms with Crippen LogP contribution < -0.4 is 4.72 Å². The molecule has 0 saturated heterocycles. The number of aliphatic hydroxyl groups is 1. The standard InChI is InChI=1S/C13H15NO3S2/c1-10-4-2-3-5-11(10)8-14-19(16,17)13-6-7-18-12(13)9-15/h2-7,14-15H,8-9H2,1H3. The van der Waals surface area contributed by atoms with Crippen molar-refractivity contribution in [3.63, 3.8) is 0 Å². The van der Waals surface area contributed by atoms with Gasteiger partial charge in [-0.25, -0.2) is 13.1 Å². The predicted octanol–water partition coefficient (Wildman–Crippen LogP) is 2.03. The summed E-state index contributed by atoms with van der Waals surface area (Å²) in [5.41, 5.74) is 1.98. The van der Waals surface area contributed by atoms with Crippen LogP contribution in [0.3, 0.4) is 0 Å². The first-order valence-electron chi connectivity index (χ1n) is 5.76. The molecule has 0 unspecified atom stereocenters. The highest BCUT2D eigenvalue weighted by Crippen LogP contribution is 2.22. The number of benzene rings is 1. The van der Waals surface area contributed by atoms with Gasteiger partial charge in [0.2, 0.25) is 10.0 Å². The number of aryl methyl sites for hydroxylation is 1. The molecule has 2 rings (SSSR count). The van der Waals surface area contributed by atoms with Crippen molar-refractivity contribution in [3.05, 3.63) is 51.7 Å². The maximum atomic E-state index is 12.1. The minimum Gasteiger partial charge on any atom is -0.391 e. The fraction of sp³-hybridized carbons (Fsp3) is 0.231. The van der Waals surface area contributed by atoms with Crippen LogP contribution in [0.25, 0.3) is 0 Å². The fourth-order valence-electron chi connectivity index (χ4n) is 1.74. The normalized spacial score (nSPS) is 11.7. The summed E-state index contributed by atoms with van der Waals surface area (Å²) >= 11 is 1.23. The molecule has 0 spiro atoms. The summed E-state index contributed by atoms with van der Waals surface area (Å²) in [4.78, 5) is 0.617. The minimum absolute atomic E-state index is 0.161. The molecular weight excluding hydrogens is 282 g/mol. The first-order valence-corrected chi connectivity index (χ1v) is 8.12. The maximum absolute atomic E-state index is 12.1. The molecule has 1 heterocycles. The third kappa shape index (κ3) is 3.22. The van der Waals surface area contributed by atoms with Crippen molar-refractivity contribution in [2.45, 2.75) is 25.0 Å². The van der Waals surface area contributed by atoms with Crippen molar-refractivity contribution in [2.24, 2.45) is 0 Å². The Kier molecular flexibility index (Phi) is 4.36. The summed E-state index contributed by atoms with van der Waals surface area (Å²) in [6.07, 6.45) is 0. The summed E-state index contributed by atoms with van der Waals surface area (Å²) in [5, 5.41) is 10.8. The molecule has 1 aromatic carbocycles. The van der Waals surface area contributed by atoms with Gasteiger partial charge in [0.1, 0.15) is 0 Å². The van der Waals surface area contributed by atoms with Crippen molar-refractivity contribution in [1.82, 2.24) is 4.72 Å². The molecule has 0 atom stereocenters. The molecule has 2 aromatic rings. The first kappa shape index (κ1) is 14.2. The van der Waals surface area contributed by atoms with Gasteiger partial charge in [0.05, 0.1) is 11.5 Å². The van der Waals surface area contributed by atoms with Crippen LogP contribution in [0.1, 0.15) is 16.0 Å². The van der Waals surface area contributed by atoms with Crippen LogP contribution >= 0.6 is 11.3 Å². The summed E-state index contributed by atoms with van der Waals surface area (Å²) in [6, 6.07) is 9.12. The van der Waals surface area contributed by atoms with Crippen LogP contribution in [-0.4, -0.2) is 13.5 Å². The van der Waals surface area contributed by atoms with E-state index in [-0.39, 0.29) is 18.0 Å². The number of nitrogens with one attached hydrogen (secondary N) is 1. The van der Waals surface area contributed by atoms with Crippen LogP contribution in [0.2, 0.25) is 0 Å². The lowest BCUT2D eigenvalue weighted by atomic mass is 10.1. The summed E-state index contributed by atoms with van der Waals surface area (Å²) in [5.74, 6) is 0. The Labute approximate surface area is 116 Å². The van der Waals surface area contributed by atoms with Gasteiger partial charge in [0.25, 0.3) is 0 Å². The third-order valence-corrected chi connectivity index (χ3v) is 5.37. The van der Waals surface area contributed by atoms with Gasteiger partial charge < -0.3 is 5.11 Å². The van der Waals surface area contributed by atoms with Gasteiger partial charge in [-0.1, -0.05) is 24.3 Å². The van der Waals surface area contributed by atoms with Crippen LogP contribution in [0.15, 0.2) is 40.6 Å². The lowest BCUT2D eigenvalue weighted by Gasteiger charge is -2.08. The minimum atomic E-state index is -3.57. The van der Waals surface area contributed by atoms with E-state index in [1.54, 1.807) is 5.38 Å². The molecule has 6 heteroatoms. The van der Waals surface area contributed by atoms with Gasteiger partial charge in [0.15, 0.2) is 0 Å². The molecule has 1 aromatic heterocycles. The zero-order valence-electron chi connectivity index (χ0n) is 10.5. The van der Waals surface area contributed by atoms with E-state index in [1.807, 2.05) is 31.2 Å². The Morgan fingerprint density at radius 3 is 2.68 bits per heavy atom. The Morgan fingerprint density at radius 1 is 1.26 bits per heavy atom. The molecule has 0 aliphatic carbocycles. The number of hydrogen-bond acceptors (Lipinski definition) is 4. The molecule has 0 radical (unpaired) electrons. The molecule has 102 valence electrons. The molecule has 2 N–H and O–H groups in total. The summed E-state index contributed by atoms with van der Waals surface area (Å²) < 4.78 is 26.8. The molecule has 0 fully saturated rings. The van der Waals surface area contributed by atoms with Crippen molar-refractivity contribution in [1.29, 1.82) is 0 Å². The van der Waals surface area contributed by atoms with Gasteiger partial charge in [0, 0.05) is 11.4 Å². The zero-order valence-corrected chi connectivity index (χ0v) is 12.1. The third-order valence-electron chi connectivity index (χ3n) is 2.85. The van der Waals surface area contributed by atoms with E-state index in [1.165, 1.54) is 17.4 Å². The smallest absolute Gasteiger partial charge is 0.242 e. The summed E-state index contributed by atoms with van der Waals surface area (Å²) in [7, 11) is -3.57. The average molecular weight is 297 g/mol. The quantitative estimate of drug-likeness (QED) is 0.887. The topological polar surface area (TPSA) is 66.4 Å². The van der Waals surface area contributed by atoms with E-state index >= 15 is 0 Å². The first-order chi connectivity index (χ1) is 9.04. The monoisotopic (exact) mass is 297 g/mol. The Balaban J connectivity index is 2.17.